The summed E-state index contributed by atoms with van der Waals surface area (Å²) in [5.74, 6) is 0.464. The van der Waals surface area contributed by atoms with Crippen LogP contribution in [0.2, 0.25) is 0 Å². The van der Waals surface area contributed by atoms with Crippen molar-refractivity contribution in [2.75, 3.05) is 0 Å². The Morgan fingerprint density at radius 2 is 1.36 bits per heavy atom. The maximum atomic E-state index is 10.5. The summed E-state index contributed by atoms with van der Waals surface area (Å²) < 4.78 is 0. The van der Waals surface area contributed by atoms with E-state index in [9.17, 15) is 4.79 Å². The van der Waals surface area contributed by atoms with Crippen molar-refractivity contribution in [3.05, 3.63) is 24.3 Å². The maximum absolute atomic E-state index is 10.5. The van der Waals surface area contributed by atoms with Gasteiger partial charge in [-0.1, -0.05) is 6.42 Å². The van der Waals surface area contributed by atoms with Crippen LogP contribution in [0.25, 0.3) is 11.0 Å². The predicted molar refractivity (Wildman–Crippen MR) is 57.6 cm³/mol. The summed E-state index contributed by atoms with van der Waals surface area (Å²) in [5, 5.41) is 0. The van der Waals surface area contributed by atoms with E-state index in [4.69, 9.17) is 0 Å². The molecule has 2 aromatic rings. The Morgan fingerprint density at radius 1 is 0.857 bits per heavy atom. The van der Waals surface area contributed by atoms with Gasteiger partial charge in [0.05, 0.1) is 0 Å². The molecule has 0 amide bonds. The van der Waals surface area contributed by atoms with Gasteiger partial charge in [-0.05, 0) is 37.1 Å². The summed E-state index contributed by atoms with van der Waals surface area (Å²) in [7, 11) is 0. The number of Topliss-reactive ketones (excluding diaryl/α,β-unsaturated/α-hetero) is 1. The molecule has 3 rings (SSSR count). The fraction of sp³-hybridized carbons (Fsp3) is 0.417. The zero-order valence-corrected chi connectivity index (χ0v) is 8.25. The molecule has 0 aromatic carbocycles. The Bertz CT molecular complexity index is 337. The lowest BCUT2D eigenvalue weighted by Crippen LogP contribution is -2.02. The van der Waals surface area contributed by atoms with Gasteiger partial charge >= 0.3 is 0 Å². The minimum Gasteiger partial charge on any atom is -0.356 e. The van der Waals surface area contributed by atoms with Crippen LogP contribution < -0.4 is 0 Å². The Hall–Kier alpha value is -1.31. The molecule has 1 aliphatic carbocycles. The second-order valence-corrected chi connectivity index (χ2v) is 3.80. The van der Waals surface area contributed by atoms with E-state index in [0.717, 1.165) is 25.7 Å². The van der Waals surface area contributed by atoms with Crippen molar-refractivity contribution in [1.29, 1.82) is 0 Å². The smallest absolute Gasteiger partial charge is 0.132 e. The number of nitrogens with one attached hydrogen (secondary N) is 1. The fourth-order valence-electron chi connectivity index (χ4n) is 1.75. The van der Waals surface area contributed by atoms with Crippen LogP contribution in [-0.2, 0) is 4.79 Å². The summed E-state index contributed by atoms with van der Waals surface area (Å²) >= 11 is 0. The second-order valence-electron chi connectivity index (χ2n) is 3.80. The molecule has 1 aliphatic rings. The average Bonchev–Trinajstić information content (AvgIpc) is 2.83. The highest BCUT2D eigenvalue weighted by Gasteiger charge is 2.05. The number of carbonyl (C=O) groups excluding carboxylic acids is 1. The summed E-state index contributed by atoms with van der Waals surface area (Å²) in [6.45, 7) is 0. The first-order valence-electron chi connectivity index (χ1n) is 5.23. The SMILES string of the molecule is O=C1CCCCC1.c1cc2ccc1[nH]2. The van der Waals surface area contributed by atoms with Gasteiger partial charge in [0.25, 0.3) is 0 Å². The molecule has 0 atom stereocenters. The van der Waals surface area contributed by atoms with Gasteiger partial charge in [-0.25, -0.2) is 0 Å². The highest BCUT2D eigenvalue weighted by Crippen LogP contribution is 2.12. The van der Waals surface area contributed by atoms with E-state index >= 15 is 0 Å². The number of aromatic amines is 1. The molecule has 0 unspecified atom stereocenters. The van der Waals surface area contributed by atoms with E-state index in [1.54, 1.807) is 0 Å². The van der Waals surface area contributed by atoms with Crippen LogP contribution in [0.15, 0.2) is 24.3 Å². The molecular formula is C12H15NO. The lowest BCUT2D eigenvalue weighted by molar-refractivity contribution is -0.120. The summed E-state index contributed by atoms with van der Waals surface area (Å²) in [4.78, 5) is 13.6. The zero-order valence-electron chi connectivity index (χ0n) is 8.25. The molecule has 0 spiro atoms. The fourth-order valence-corrected chi connectivity index (χ4v) is 1.75. The number of H-pyrrole nitrogens is 1. The van der Waals surface area contributed by atoms with Gasteiger partial charge in [-0.2, -0.15) is 0 Å². The van der Waals surface area contributed by atoms with Gasteiger partial charge in [0.1, 0.15) is 5.78 Å². The Kier molecular flexibility index (Phi) is 2.82. The third-order valence-corrected chi connectivity index (χ3v) is 2.58. The average molecular weight is 189 g/mol. The van der Waals surface area contributed by atoms with Crippen molar-refractivity contribution in [3.8, 4) is 0 Å². The normalized spacial score (nSPS) is 16.7. The van der Waals surface area contributed by atoms with Gasteiger partial charge in [0, 0.05) is 23.9 Å². The molecule has 0 aliphatic heterocycles. The Labute approximate surface area is 83.7 Å². The summed E-state index contributed by atoms with van der Waals surface area (Å²) in [6.07, 6.45) is 5.24. The molecule has 1 N–H and O–H groups in total. The predicted octanol–water partition coefficient (Wildman–Crippen LogP) is 3.13. The number of carbonyl (C=O) groups is 1. The third kappa shape index (κ3) is 2.34. The largest absolute Gasteiger partial charge is 0.356 e. The lowest BCUT2D eigenvalue weighted by Gasteiger charge is -2.05. The van der Waals surface area contributed by atoms with E-state index in [2.05, 4.69) is 29.2 Å². The molecule has 0 saturated heterocycles. The molecule has 14 heavy (non-hydrogen) atoms. The number of rotatable bonds is 0. The van der Waals surface area contributed by atoms with E-state index in [-0.39, 0.29) is 0 Å². The minimum absolute atomic E-state index is 0.464. The van der Waals surface area contributed by atoms with E-state index < -0.39 is 0 Å². The van der Waals surface area contributed by atoms with Crippen molar-refractivity contribution < 1.29 is 4.79 Å². The molecule has 1 fully saturated rings. The van der Waals surface area contributed by atoms with Crippen molar-refractivity contribution in [2.45, 2.75) is 32.1 Å². The van der Waals surface area contributed by atoms with Crippen LogP contribution in [-0.4, -0.2) is 10.8 Å². The van der Waals surface area contributed by atoms with Crippen molar-refractivity contribution in [3.63, 3.8) is 0 Å². The number of benzene rings is 1. The molecule has 74 valence electrons. The molecular weight excluding hydrogens is 174 g/mol. The van der Waals surface area contributed by atoms with Crippen LogP contribution in [0.1, 0.15) is 32.1 Å². The highest BCUT2D eigenvalue weighted by atomic mass is 16.1. The van der Waals surface area contributed by atoms with E-state index in [1.807, 2.05) is 0 Å². The molecule has 2 aromatic heterocycles. The van der Waals surface area contributed by atoms with Crippen molar-refractivity contribution in [1.82, 2.24) is 4.98 Å². The maximum Gasteiger partial charge on any atom is 0.132 e. The molecule has 0 radical (unpaired) electrons. The summed E-state index contributed by atoms with van der Waals surface area (Å²) in [6, 6.07) is 8.26. The number of aromatic nitrogens is 1. The van der Waals surface area contributed by atoms with Crippen molar-refractivity contribution >= 4 is 16.8 Å². The van der Waals surface area contributed by atoms with E-state index in [1.165, 1.54) is 17.5 Å². The number of hydrogen-bond donors (Lipinski definition) is 1. The molecule has 1 saturated carbocycles. The molecule has 2 bridgehead atoms. The van der Waals surface area contributed by atoms with Crippen LogP contribution in [0.5, 0.6) is 0 Å². The first-order valence-corrected chi connectivity index (χ1v) is 5.23. The molecule has 2 nitrogen and oxygen atoms in total. The summed E-state index contributed by atoms with van der Waals surface area (Å²) in [5.41, 5.74) is 2.44. The quantitative estimate of drug-likeness (QED) is 0.678. The van der Waals surface area contributed by atoms with Crippen LogP contribution >= 0.6 is 0 Å². The number of ketones is 1. The molecule has 2 heteroatoms. The van der Waals surface area contributed by atoms with Crippen LogP contribution in [0, 0.1) is 0 Å². The second kappa shape index (κ2) is 4.27. The van der Waals surface area contributed by atoms with Crippen LogP contribution in [0.3, 0.4) is 0 Å². The Morgan fingerprint density at radius 3 is 1.57 bits per heavy atom. The van der Waals surface area contributed by atoms with E-state index in [0.29, 0.717) is 5.78 Å². The standard InChI is InChI=1S/C6H5N.C6H10O/c1-2-6-4-3-5(1)7-6;7-6-4-2-1-3-5-6/h1-4,7H;1-5H2. The monoisotopic (exact) mass is 189 g/mol. The lowest BCUT2D eigenvalue weighted by atomic mass is 10.00. The first-order chi connectivity index (χ1) is 6.84. The van der Waals surface area contributed by atoms with Crippen LogP contribution in [0.4, 0.5) is 0 Å². The topological polar surface area (TPSA) is 32.9 Å². The zero-order chi connectivity index (χ0) is 9.80. The van der Waals surface area contributed by atoms with Gasteiger partial charge < -0.3 is 4.98 Å². The van der Waals surface area contributed by atoms with Crippen molar-refractivity contribution in [2.24, 2.45) is 0 Å². The minimum atomic E-state index is 0.464. The Balaban J connectivity index is 0.000000107. The van der Waals surface area contributed by atoms with Gasteiger partial charge in [0.2, 0.25) is 0 Å². The van der Waals surface area contributed by atoms with Gasteiger partial charge in [-0.15, -0.1) is 0 Å². The number of hydrogen-bond acceptors (Lipinski definition) is 1. The third-order valence-electron chi connectivity index (χ3n) is 2.58. The molecule has 2 heterocycles. The number of fused-ring (bicyclic) bond motifs is 2. The van der Waals surface area contributed by atoms with Gasteiger partial charge in [0.15, 0.2) is 0 Å². The first kappa shape index (κ1) is 9.25. The van der Waals surface area contributed by atoms with Gasteiger partial charge in [-0.3, -0.25) is 4.79 Å². The highest BCUT2D eigenvalue weighted by molar-refractivity contribution is 5.78.